The number of nitrogens with zero attached hydrogens (tertiary/aromatic N) is 3. The molecular weight excluding hydrogens is 310 g/mol. The molecule has 0 aliphatic carbocycles. The molecule has 0 amide bonds. The minimum absolute atomic E-state index is 0.731. The predicted molar refractivity (Wildman–Crippen MR) is 83.1 cm³/mol. The Labute approximate surface area is 129 Å². The molecule has 0 radical (unpaired) electrons. The Morgan fingerprint density at radius 1 is 1.35 bits per heavy atom. The lowest BCUT2D eigenvalue weighted by atomic mass is 10.3. The molecule has 20 heavy (non-hydrogen) atoms. The number of rotatable bonds is 4. The molecule has 3 rings (SSSR count). The van der Waals surface area contributed by atoms with Crippen molar-refractivity contribution in [2.45, 2.75) is 17.0 Å². The van der Waals surface area contributed by atoms with Crippen molar-refractivity contribution in [1.29, 1.82) is 0 Å². The van der Waals surface area contributed by atoms with Crippen molar-refractivity contribution in [2.75, 3.05) is 0 Å². The van der Waals surface area contributed by atoms with Crippen LogP contribution in [0.4, 0.5) is 0 Å². The minimum atomic E-state index is 0.731. The molecule has 0 fully saturated rings. The van der Waals surface area contributed by atoms with E-state index in [1.54, 1.807) is 16.4 Å². The summed E-state index contributed by atoms with van der Waals surface area (Å²) < 4.78 is 8.51. The molecule has 0 aliphatic heterocycles. The van der Waals surface area contributed by atoms with E-state index in [4.69, 9.17) is 16.7 Å². The van der Waals surface area contributed by atoms with Gasteiger partial charge >= 0.3 is 0 Å². The highest BCUT2D eigenvalue weighted by atomic mass is 32.2. The molecule has 0 aliphatic rings. The molecule has 0 saturated carbocycles. The third-order valence-corrected chi connectivity index (χ3v) is 4.95. The van der Waals surface area contributed by atoms with Crippen LogP contribution in [-0.4, -0.2) is 14.9 Å². The van der Waals surface area contributed by atoms with Crippen LogP contribution in [0.15, 0.2) is 45.3 Å². The van der Waals surface area contributed by atoms with Crippen LogP contribution in [0.5, 0.6) is 0 Å². The van der Waals surface area contributed by atoms with Crippen molar-refractivity contribution in [2.24, 2.45) is 0 Å². The zero-order chi connectivity index (χ0) is 13.9. The van der Waals surface area contributed by atoms with E-state index in [2.05, 4.69) is 10.3 Å². The first-order chi connectivity index (χ1) is 9.72. The maximum atomic E-state index is 5.36. The van der Waals surface area contributed by atoms with Gasteiger partial charge in [-0.2, -0.15) is 0 Å². The lowest BCUT2D eigenvalue weighted by Gasteiger charge is -1.98. The fourth-order valence-electron chi connectivity index (χ4n) is 1.67. The minimum Gasteiger partial charge on any atom is -0.361 e. The van der Waals surface area contributed by atoms with Crippen LogP contribution in [0.2, 0.25) is 0 Å². The van der Waals surface area contributed by atoms with E-state index in [0.717, 1.165) is 31.2 Å². The summed E-state index contributed by atoms with van der Waals surface area (Å²) in [5, 5.41) is 8.50. The zero-order valence-corrected chi connectivity index (χ0v) is 13.1. The van der Waals surface area contributed by atoms with Crippen LogP contribution in [0.25, 0.3) is 5.69 Å². The molecule has 4 nitrogen and oxygen atoms in total. The van der Waals surface area contributed by atoms with Crippen molar-refractivity contribution in [3.8, 4) is 5.69 Å². The summed E-state index contributed by atoms with van der Waals surface area (Å²) in [7, 11) is 0. The van der Waals surface area contributed by atoms with Gasteiger partial charge in [0.15, 0.2) is 8.29 Å². The van der Waals surface area contributed by atoms with E-state index in [-0.39, 0.29) is 0 Å². The fraction of sp³-hybridized carbons (Fsp3) is 0.154. The summed E-state index contributed by atoms with van der Waals surface area (Å²) in [5.41, 5.74) is 1.90. The van der Waals surface area contributed by atoms with Crippen LogP contribution in [0.1, 0.15) is 11.5 Å². The summed E-state index contributed by atoms with van der Waals surface area (Å²) in [6.45, 7) is 1.88. The zero-order valence-electron chi connectivity index (χ0n) is 10.6. The number of aromatic nitrogens is 3. The van der Waals surface area contributed by atoms with Crippen LogP contribution >= 0.6 is 35.3 Å². The SMILES string of the molecule is Cc1cc(CSc2nn(-c3ccccc3)c(=S)s2)no1. The Morgan fingerprint density at radius 3 is 2.85 bits per heavy atom. The van der Waals surface area contributed by atoms with Crippen molar-refractivity contribution in [3.05, 3.63) is 51.8 Å². The van der Waals surface area contributed by atoms with Gasteiger partial charge in [-0.3, -0.25) is 0 Å². The average molecular weight is 321 g/mol. The number of benzene rings is 1. The van der Waals surface area contributed by atoms with E-state index in [1.807, 2.05) is 43.3 Å². The fourth-order valence-corrected chi connectivity index (χ4v) is 3.92. The van der Waals surface area contributed by atoms with Crippen LogP contribution < -0.4 is 0 Å². The van der Waals surface area contributed by atoms with Gasteiger partial charge in [0.05, 0.1) is 11.4 Å². The van der Waals surface area contributed by atoms with Gasteiger partial charge in [-0.15, -0.1) is 5.10 Å². The van der Waals surface area contributed by atoms with Crippen molar-refractivity contribution in [3.63, 3.8) is 0 Å². The standard InChI is InChI=1S/C13H11N3OS3/c1-9-7-10(15-17-9)8-19-12-14-16(13(18)20-12)11-5-3-2-4-6-11/h2-7H,8H2,1H3. The normalized spacial score (nSPS) is 10.8. The summed E-state index contributed by atoms with van der Waals surface area (Å²) in [6.07, 6.45) is 0. The monoisotopic (exact) mass is 321 g/mol. The van der Waals surface area contributed by atoms with Crippen LogP contribution in [-0.2, 0) is 5.75 Å². The molecule has 102 valence electrons. The maximum absolute atomic E-state index is 5.36. The summed E-state index contributed by atoms with van der Waals surface area (Å²) >= 11 is 8.48. The smallest absolute Gasteiger partial charge is 0.184 e. The van der Waals surface area contributed by atoms with E-state index in [1.165, 1.54) is 11.3 Å². The second-order valence-corrected chi connectivity index (χ2v) is 6.94. The first kappa shape index (κ1) is 13.5. The van der Waals surface area contributed by atoms with Gasteiger partial charge in [0.1, 0.15) is 5.76 Å². The van der Waals surface area contributed by atoms with Crippen molar-refractivity contribution in [1.82, 2.24) is 14.9 Å². The summed E-state index contributed by atoms with van der Waals surface area (Å²) in [4.78, 5) is 0. The molecule has 0 saturated heterocycles. The molecule has 0 bridgehead atoms. The predicted octanol–water partition coefficient (Wildman–Crippen LogP) is 4.25. The highest BCUT2D eigenvalue weighted by molar-refractivity contribution is 8.00. The van der Waals surface area contributed by atoms with Gasteiger partial charge in [0, 0.05) is 11.8 Å². The molecule has 0 spiro atoms. The second-order valence-electron chi connectivity index (χ2n) is 4.10. The Balaban J connectivity index is 1.77. The average Bonchev–Trinajstić information content (AvgIpc) is 3.03. The number of thioether (sulfide) groups is 1. The first-order valence-electron chi connectivity index (χ1n) is 5.93. The van der Waals surface area contributed by atoms with Gasteiger partial charge < -0.3 is 4.52 Å². The largest absolute Gasteiger partial charge is 0.361 e. The highest BCUT2D eigenvalue weighted by Crippen LogP contribution is 2.26. The molecule has 0 unspecified atom stereocenters. The van der Waals surface area contributed by atoms with E-state index in [9.17, 15) is 0 Å². The molecule has 1 aromatic carbocycles. The van der Waals surface area contributed by atoms with Gasteiger partial charge in [-0.25, -0.2) is 4.68 Å². The first-order valence-corrected chi connectivity index (χ1v) is 8.14. The van der Waals surface area contributed by atoms with Crippen molar-refractivity contribution >= 4 is 35.3 Å². The lowest BCUT2D eigenvalue weighted by molar-refractivity contribution is 0.393. The molecule has 0 N–H and O–H groups in total. The van der Waals surface area contributed by atoms with Gasteiger partial charge in [0.25, 0.3) is 0 Å². The Morgan fingerprint density at radius 2 is 2.15 bits per heavy atom. The lowest BCUT2D eigenvalue weighted by Crippen LogP contribution is -1.95. The molecule has 2 heterocycles. The second kappa shape index (κ2) is 5.90. The topological polar surface area (TPSA) is 43.9 Å². The molecular formula is C13H11N3OS3. The molecule has 0 atom stereocenters. The Bertz CT molecular complexity index is 761. The van der Waals surface area contributed by atoms with Crippen LogP contribution in [0, 0.1) is 10.9 Å². The maximum Gasteiger partial charge on any atom is 0.184 e. The number of para-hydroxylation sites is 1. The third-order valence-electron chi connectivity index (χ3n) is 2.55. The molecule has 7 heteroatoms. The third kappa shape index (κ3) is 3.00. The van der Waals surface area contributed by atoms with Gasteiger partial charge in [-0.1, -0.05) is 46.5 Å². The van der Waals surface area contributed by atoms with E-state index >= 15 is 0 Å². The molecule has 3 aromatic rings. The number of aryl methyl sites for hydroxylation is 1. The summed E-state index contributed by atoms with van der Waals surface area (Å²) in [5.74, 6) is 1.55. The van der Waals surface area contributed by atoms with Gasteiger partial charge in [-0.05, 0) is 31.3 Å². The Hall–Kier alpha value is -1.44. The quantitative estimate of drug-likeness (QED) is 0.531. The number of hydrogen-bond acceptors (Lipinski definition) is 6. The Kier molecular flexibility index (Phi) is 4.00. The van der Waals surface area contributed by atoms with Gasteiger partial charge in [0.2, 0.25) is 0 Å². The summed E-state index contributed by atoms with van der Waals surface area (Å²) in [6, 6.07) is 11.8. The number of hydrogen-bond donors (Lipinski definition) is 0. The highest BCUT2D eigenvalue weighted by Gasteiger charge is 2.08. The van der Waals surface area contributed by atoms with Crippen molar-refractivity contribution < 1.29 is 4.52 Å². The van der Waals surface area contributed by atoms with E-state index in [0.29, 0.717) is 0 Å². The van der Waals surface area contributed by atoms with E-state index < -0.39 is 0 Å². The van der Waals surface area contributed by atoms with Crippen LogP contribution in [0.3, 0.4) is 0 Å². The molecule has 2 aromatic heterocycles.